The smallest absolute Gasteiger partial charge is 0.296 e. The Morgan fingerprint density at radius 2 is 1.20 bits per heavy atom. The number of hydrogen-bond donors (Lipinski definition) is 3. The normalized spacial score (nSPS) is 19.2. The van der Waals surface area contributed by atoms with Crippen molar-refractivity contribution in [3.05, 3.63) is 175 Å². The second-order valence-electron chi connectivity index (χ2n) is 18.3. The molecule has 9 aromatic rings. The van der Waals surface area contributed by atoms with Crippen LogP contribution in [0.2, 0.25) is 0 Å². The monoisotopic (exact) mass is 853 g/mol. The number of imidazole rings is 2. The fourth-order valence-electron chi connectivity index (χ4n) is 10.5. The lowest BCUT2D eigenvalue weighted by molar-refractivity contribution is -0.711. The summed E-state index contributed by atoms with van der Waals surface area (Å²) in [6, 6.07) is 57.5. The molecule has 12 rings (SSSR count). The van der Waals surface area contributed by atoms with Gasteiger partial charge in [0, 0.05) is 35.6 Å². The summed E-state index contributed by atoms with van der Waals surface area (Å²) in [6.45, 7) is 2.05. The zero-order valence-corrected chi connectivity index (χ0v) is 36.5. The molecule has 5 heterocycles. The quantitative estimate of drug-likeness (QED) is 0.117. The van der Waals surface area contributed by atoms with Gasteiger partial charge in [-0.25, -0.2) is 14.5 Å². The number of anilines is 3. The van der Waals surface area contributed by atoms with Crippen LogP contribution in [0.15, 0.2) is 164 Å². The number of para-hydroxylation sites is 1. The number of pyridine rings is 2. The first-order valence-electron chi connectivity index (χ1n) is 23.3. The summed E-state index contributed by atoms with van der Waals surface area (Å²) in [5, 5.41) is 3.56. The molecule has 2 aliphatic carbocycles. The highest BCUT2D eigenvalue weighted by atomic mass is 15.3. The molecule has 2 atom stereocenters. The third-order valence-corrected chi connectivity index (χ3v) is 14.4. The van der Waals surface area contributed by atoms with Crippen LogP contribution in [-0.2, 0) is 11.1 Å². The van der Waals surface area contributed by atoms with Gasteiger partial charge < -0.3 is 21.7 Å². The Kier molecular flexibility index (Phi) is 9.61. The molecule has 10 heteroatoms. The summed E-state index contributed by atoms with van der Waals surface area (Å²) >= 11 is 0. The fraction of sp³-hybridized carbons (Fsp3) is 0.236. The average Bonchev–Trinajstić information content (AvgIpc) is 3.89. The van der Waals surface area contributed by atoms with Crippen LogP contribution in [0.3, 0.4) is 0 Å². The van der Waals surface area contributed by atoms with E-state index in [4.69, 9.17) is 26.4 Å². The first-order chi connectivity index (χ1) is 31.9. The van der Waals surface area contributed by atoms with Crippen molar-refractivity contribution in [3.63, 3.8) is 0 Å². The standard InChI is InChI=1S/C55H53N10/c56-54(33-13-34-54)40-20-24-44(25-21-40)64-52-46(29-30-48(60-52)58-42-18-9-3-10-19-42)65(53(64)39-16-7-2-8-17-39)47-32-35-55(47,57)41-22-26-43(27-23-41)63-50(38-14-5-1-6-15-38)59-45-28-31-49(61-51(45)63)62-36-11-4-12-37-62/h1-3,5-10,14-31,47H,4,11-13,32-37,56-57H2,(H,58,60)/q+1. The molecule has 322 valence electrons. The van der Waals surface area contributed by atoms with Crippen molar-refractivity contribution in [3.8, 4) is 34.2 Å². The summed E-state index contributed by atoms with van der Waals surface area (Å²) in [5.74, 6) is 3.68. The van der Waals surface area contributed by atoms with Crippen molar-refractivity contribution < 1.29 is 4.57 Å². The van der Waals surface area contributed by atoms with Crippen LogP contribution in [0.1, 0.15) is 68.5 Å². The van der Waals surface area contributed by atoms with E-state index in [0.717, 1.165) is 125 Å². The maximum atomic E-state index is 7.78. The Bertz CT molecular complexity index is 3150. The first-order valence-corrected chi connectivity index (χ1v) is 23.3. The minimum absolute atomic E-state index is 0.0636. The molecular weight excluding hydrogens is 801 g/mol. The Hall–Kier alpha value is -7.14. The first kappa shape index (κ1) is 39.5. The Morgan fingerprint density at radius 3 is 1.85 bits per heavy atom. The van der Waals surface area contributed by atoms with Crippen LogP contribution < -0.4 is 26.3 Å². The molecule has 0 radical (unpaired) electrons. The lowest BCUT2D eigenvalue weighted by Crippen LogP contribution is -2.63. The minimum atomic E-state index is -0.661. The third-order valence-electron chi connectivity index (χ3n) is 14.4. The molecular formula is C55H53N10+. The van der Waals surface area contributed by atoms with E-state index >= 15 is 0 Å². The van der Waals surface area contributed by atoms with Gasteiger partial charge in [-0.1, -0.05) is 91.0 Å². The number of piperidine rings is 1. The largest absolute Gasteiger partial charge is 0.357 e. The van der Waals surface area contributed by atoms with Crippen molar-refractivity contribution in [1.29, 1.82) is 0 Å². The molecule has 0 amide bonds. The lowest BCUT2D eigenvalue weighted by Gasteiger charge is -2.45. The van der Waals surface area contributed by atoms with Gasteiger partial charge in [0.25, 0.3) is 11.5 Å². The zero-order chi connectivity index (χ0) is 43.5. The van der Waals surface area contributed by atoms with Crippen LogP contribution in [0.5, 0.6) is 0 Å². The van der Waals surface area contributed by atoms with Gasteiger partial charge in [-0.05, 0) is 135 Å². The topological polar surface area (TPSA) is 120 Å². The van der Waals surface area contributed by atoms with Gasteiger partial charge in [-0.2, -0.15) is 9.55 Å². The number of rotatable bonds is 10. The highest BCUT2D eigenvalue weighted by molar-refractivity contribution is 5.82. The average molecular weight is 854 g/mol. The number of nitrogens with two attached hydrogens (primary N) is 2. The van der Waals surface area contributed by atoms with Gasteiger partial charge in [-0.15, -0.1) is 0 Å². The Labute approximate surface area is 379 Å². The molecule has 65 heavy (non-hydrogen) atoms. The predicted octanol–water partition coefficient (Wildman–Crippen LogP) is 10.6. The Morgan fingerprint density at radius 1 is 0.554 bits per heavy atom. The minimum Gasteiger partial charge on any atom is -0.357 e. The van der Waals surface area contributed by atoms with Crippen LogP contribution in [-0.4, -0.2) is 37.2 Å². The molecule has 0 spiro atoms. The van der Waals surface area contributed by atoms with E-state index in [1.54, 1.807) is 0 Å². The molecule has 1 saturated heterocycles. The molecule has 3 aliphatic rings. The molecule has 1 aliphatic heterocycles. The summed E-state index contributed by atoms with van der Waals surface area (Å²) in [7, 11) is 0. The number of nitrogens with one attached hydrogen (secondary N) is 1. The highest BCUT2D eigenvalue weighted by Gasteiger charge is 2.52. The third kappa shape index (κ3) is 6.78. The van der Waals surface area contributed by atoms with Crippen molar-refractivity contribution in [2.45, 2.75) is 68.5 Å². The van der Waals surface area contributed by atoms with E-state index in [9.17, 15) is 0 Å². The maximum Gasteiger partial charge on any atom is 0.296 e. The highest BCUT2D eigenvalue weighted by Crippen LogP contribution is 2.48. The van der Waals surface area contributed by atoms with Crippen LogP contribution in [0, 0.1) is 0 Å². The Balaban J connectivity index is 0.984. The number of aromatic nitrogens is 6. The molecule has 5 N–H and O–H groups in total. The molecule has 3 fully saturated rings. The number of nitrogens with zero attached hydrogens (tertiary/aromatic N) is 7. The number of hydrogen-bond acceptors (Lipinski definition) is 7. The van der Waals surface area contributed by atoms with Gasteiger partial charge in [-0.3, -0.25) is 4.57 Å². The second-order valence-corrected chi connectivity index (χ2v) is 18.3. The molecule has 2 saturated carbocycles. The van der Waals surface area contributed by atoms with Crippen molar-refractivity contribution >= 4 is 39.7 Å². The van der Waals surface area contributed by atoms with E-state index in [1.165, 1.54) is 24.8 Å². The van der Waals surface area contributed by atoms with Crippen LogP contribution >= 0.6 is 0 Å². The van der Waals surface area contributed by atoms with Gasteiger partial charge in [0.2, 0.25) is 0 Å². The summed E-state index contributed by atoms with van der Waals surface area (Å²) in [6.07, 6.45) is 8.58. The maximum absolute atomic E-state index is 7.78. The van der Waals surface area contributed by atoms with Crippen LogP contribution in [0.4, 0.5) is 17.3 Å². The SMILES string of the molecule is NC1(c2ccc(-n3c(-c4ccccc4)[n+](C4CCC4(N)c4ccc(-n5c(-c6ccccc6)nc6ccc(N7CCCCC7)nc65)cc4)c4ccc(Nc5ccccc5)nc43)cc2)CCC1. The number of benzene rings is 5. The molecule has 2 unspecified atom stereocenters. The fourth-order valence-corrected chi connectivity index (χ4v) is 10.5. The van der Waals surface area contributed by atoms with Gasteiger partial charge in [0.15, 0.2) is 11.2 Å². The van der Waals surface area contributed by atoms with Gasteiger partial charge >= 0.3 is 0 Å². The molecule has 5 aromatic carbocycles. The van der Waals surface area contributed by atoms with E-state index in [2.05, 4.69) is 163 Å². The van der Waals surface area contributed by atoms with Crippen LogP contribution in [0.25, 0.3) is 56.5 Å². The van der Waals surface area contributed by atoms with Gasteiger partial charge in [0.1, 0.15) is 34.7 Å². The van der Waals surface area contributed by atoms with E-state index < -0.39 is 5.54 Å². The molecule has 0 bridgehead atoms. The second kappa shape index (κ2) is 15.8. The summed E-state index contributed by atoms with van der Waals surface area (Å²) in [4.78, 5) is 18.3. The summed E-state index contributed by atoms with van der Waals surface area (Å²) in [5.41, 5.74) is 24.7. The van der Waals surface area contributed by atoms with Crippen molar-refractivity contribution in [2.75, 3.05) is 23.3 Å². The van der Waals surface area contributed by atoms with Crippen molar-refractivity contribution in [1.82, 2.24) is 24.1 Å². The van der Waals surface area contributed by atoms with E-state index in [1.807, 2.05) is 24.3 Å². The zero-order valence-electron chi connectivity index (χ0n) is 36.5. The predicted molar refractivity (Wildman–Crippen MR) is 261 cm³/mol. The van der Waals surface area contributed by atoms with E-state index in [-0.39, 0.29) is 11.6 Å². The van der Waals surface area contributed by atoms with E-state index in [0.29, 0.717) is 0 Å². The van der Waals surface area contributed by atoms with Crippen molar-refractivity contribution in [2.24, 2.45) is 11.5 Å². The lowest BCUT2D eigenvalue weighted by atomic mass is 9.67. The molecule has 10 nitrogen and oxygen atoms in total. The van der Waals surface area contributed by atoms with Gasteiger partial charge in [0.05, 0.1) is 11.1 Å². The number of fused-ring (bicyclic) bond motifs is 2. The summed E-state index contributed by atoms with van der Waals surface area (Å²) < 4.78 is 7.00. The molecule has 4 aromatic heterocycles.